The predicted octanol–water partition coefficient (Wildman–Crippen LogP) is 2.91. The molecule has 0 amide bonds. The second-order valence-corrected chi connectivity index (χ2v) is 6.68. The molecule has 0 saturated heterocycles. The summed E-state index contributed by atoms with van der Waals surface area (Å²) in [7, 11) is 0.583. The molecule has 0 aromatic heterocycles. The molecule has 0 aliphatic carbocycles. The van der Waals surface area contributed by atoms with E-state index in [0.29, 0.717) is 0 Å². The van der Waals surface area contributed by atoms with Crippen LogP contribution in [-0.4, -0.2) is 53.4 Å². The molecule has 7 heteroatoms. The molecular formula is C12H32O4S2V. The quantitative estimate of drug-likeness (QED) is 0.669. The zero-order valence-corrected chi connectivity index (χ0v) is 17.1. The molecule has 0 aliphatic rings. The van der Waals surface area contributed by atoms with Gasteiger partial charge in [0.1, 0.15) is 15.6 Å². The molecule has 0 atom stereocenters. The maximum atomic E-state index is 9.63. The molecule has 0 fully saturated rings. The van der Waals surface area contributed by atoms with Crippen LogP contribution in [0.3, 0.4) is 0 Å². The first-order chi connectivity index (χ1) is 7.97. The largest absolute Gasteiger partial charge is 0.388 e. The van der Waals surface area contributed by atoms with Crippen molar-refractivity contribution in [3.05, 3.63) is 0 Å². The summed E-state index contributed by atoms with van der Waals surface area (Å²) in [5.74, 6) is 0.167. The van der Waals surface area contributed by atoms with E-state index in [1.807, 2.05) is 12.5 Å². The number of hydrogen-bond acceptors (Lipinski definition) is 5. The summed E-state index contributed by atoms with van der Waals surface area (Å²) in [5, 5.41) is 0. The van der Waals surface area contributed by atoms with Gasteiger partial charge < -0.3 is 9.53 Å². The zero-order chi connectivity index (χ0) is 16.2. The van der Waals surface area contributed by atoms with Gasteiger partial charge in [0.25, 0.3) is 0 Å². The molecule has 0 aromatic carbocycles. The normalized spacial score (nSPS) is 7.26. The van der Waals surface area contributed by atoms with Gasteiger partial charge in [0.2, 0.25) is 0 Å². The Kier molecular flexibility index (Phi) is 69.9. The van der Waals surface area contributed by atoms with E-state index in [1.165, 1.54) is 20.3 Å². The van der Waals surface area contributed by atoms with E-state index in [-0.39, 0.29) is 24.3 Å². The van der Waals surface area contributed by atoms with E-state index in [0.717, 1.165) is 12.5 Å². The Balaban J connectivity index is -0.0000000280. The SMILES string of the molecule is CC(C)=O.CCC.COC.CS(C)(=O)=O.CSC.[V]. The van der Waals surface area contributed by atoms with E-state index in [9.17, 15) is 13.2 Å². The van der Waals surface area contributed by atoms with Gasteiger partial charge in [-0.25, -0.2) is 8.42 Å². The van der Waals surface area contributed by atoms with E-state index < -0.39 is 9.84 Å². The Hall–Kier alpha value is 0.514. The minimum atomic E-state index is -2.67. The third-order valence-electron chi connectivity index (χ3n) is 0. The fraction of sp³-hybridized carbons (Fsp3) is 0.917. The summed E-state index contributed by atoms with van der Waals surface area (Å²) >= 11 is 1.75. The number of methoxy groups -OCH3 is 1. The standard InChI is InChI=1S/C3H6O.C3H8.C2H6O2S.C2H6O.C2H6S.V/c1-3(2)4;1-3-2;1-5(2,3)4;2*1-3-2;/h1-2H3;3H2,1-2H3;1-2H3;2*1-2H3;. The van der Waals surface area contributed by atoms with Crippen molar-refractivity contribution in [3.63, 3.8) is 0 Å². The molecular weight excluding hydrogens is 323 g/mol. The van der Waals surface area contributed by atoms with Crippen molar-refractivity contribution < 1.29 is 36.5 Å². The van der Waals surface area contributed by atoms with Crippen molar-refractivity contribution in [3.8, 4) is 0 Å². The van der Waals surface area contributed by atoms with Gasteiger partial charge in [0, 0.05) is 45.3 Å². The smallest absolute Gasteiger partial charge is 0.144 e. The Bertz CT molecular complexity index is 201. The van der Waals surface area contributed by atoms with Gasteiger partial charge in [-0.2, -0.15) is 11.8 Å². The number of rotatable bonds is 0. The molecule has 0 unspecified atom stereocenters. The van der Waals surface area contributed by atoms with Crippen molar-refractivity contribution in [1.82, 2.24) is 0 Å². The molecule has 0 heterocycles. The van der Waals surface area contributed by atoms with Crippen LogP contribution in [0.25, 0.3) is 0 Å². The molecule has 0 N–H and O–H groups in total. The number of ether oxygens (including phenoxy) is 1. The van der Waals surface area contributed by atoms with Crippen LogP contribution >= 0.6 is 11.8 Å². The summed E-state index contributed by atoms with van der Waals surface area (Å²) in [4.78, 5) is 9.44. The number of sulfone groups is 1. The average Bonchev–Trinajstić information content (AvgIpc) is 2.01. The zero-order valence-electron chi connectivity index (χ0n) is 14.1. The molecule has 0 aromatic rings. The number of Topliss-reactive ketones (excluding diaryl/α,β-unsaturated/α-hetero) is 1. The van der Waals surface area contributed by atoms with Gasteiger partial charge in [-0.05, 0) is 26.4 Å². The van der Waals surface area contributed by atoms with Crippen molar-refractivity contribution in [1.29, 1.82) is 0 Å². The number of carbonyl (C=O) groups excluding carboxylic acids is 1. The summed E-state index contributed by atoms with van der Waals surface area (Å²) in [6, 6.07) is 0. The monoisotopic (exact) mass is 355 g/mol. The van der Waals surface area contributed by atoms with Crippen LogP contribution in [0.4, 0.5) is 0 Å². The van der Waals surface area contributed by atoms with Crippen molar-refractivity contribution in [2.45, 2.75) is 34.1 Å². The van der Waals surface area contributed by atoms with Crippen LogP contribution in [0, 0.1) is 0 Å². The summed E-state index contributed by atoms with van der Waals surface area (Å²) < 4.78 is 23.5. The van der Waals surface area contributed by atoms with Crippen LogP contribution in [0.2, 0.25) is 0 Å². The fourth-order valence-corrected chi connectivity index (χ4v) is 0. The molecule has 0 aliphatic heterocycles. The summed E-state index contributed by atoms with van der Waals surface area (Å²) in [6.07, 6.45) is 7.65. The second-order valence-electron chi connectivity index (χ2n) is 3.57. The number of hydrogen-bond donors (Lipinski definition) is 0. The first kappa shape index (κ1) is 36.6. The topological polar surface area (TPSA) is 60.4 Å². The van der Waals surface area contributed by atoms with E-state index >= 15 is 0 Å². The Labute approximate surface area is 137 Å². The molecule has 0 saturated carbocycles. The van der Waals surface area contributed by atoms with Gasteiger partial charge in [0.05, 0.1) is 0 Å². The number of carbonyl (C=O) groups is 1. The van der Waals surface area contributed by atoms with Crippen molar-refractivity contribution >= 4 is 27.4 Å². The van der Waals surface area contributed by atoms with Crippen molar-refractivity contribution in [2.75, 3.05) is 39.2 Å². The van der Waals surface area contributed by atoms with Gasteiger partial charge in [0.15, 0.2) is 0 Å². The van der Waals surface area contributed by atoms with Crippen LogP contribution < -0.4 is 0 Å². The maximum absolute atomic E-state index is 9.63. The first-order valence-electron chi connectivity index (χ1n) is 5.40. The molecule has 4 nitrogen and oxygen atoms in total. The van der Waals surface area contributed by atoms with Gasteiger partial charge in [-0.3, -0.25) is 0 Å². The summed E-state index contributed by atoms with van der Waals surface area (Å²) in [6.45, 7) is 7.31. The van der Waals surface area contributed by atoms with Gasteiger partial charge >= 0.3 is 0 Å². The van der Waals surface area contributed by atoms with Crippen LogP contribution in [-0.2, 0) is 37.9 Å². The van der Waals surface area contributed by atoms with Crippen LogP contribution in [0.15, 0.2) is 0 Å². The molecule has 19 heavy (non-hydrogen) atoms. The van der Waals surface area contributed by atoms with Crippen molar-refractivity contribution in [2.24, 2.45) is 0 Å². The average molecular weight is 355 g/mol. The third-order valence-corrected chi connectivity index (χ3v) is 0. The predicted molar refractivity (Wildman–Crippen MR) is 85.5 cm³/mol. The summed E-state index contributed by atoms with van der Waals surface area (Å²) in [5.41, 5.74) is 0. The van der Waals surface area contributed by atoms with Gasteiger partial charge in [-0.1, -0.05) is 20.3 Å². The Morgan fingerprint density at radius 3 is 1.05 bits per heavy atom. The van der Waals surface area contributed by atoms with E-state index in [4.69, 9.17) is 0 Å². The molecule has 1 radical (unpaired) electrons. The van der Waals surface area contributed by atoms with Crippen LogP contribution in [0.5, 0.6) is 0 Å². The van der Waals surface area contributed by atoms with Crippen LogP contribution in [0.1, 0.15) is 34.1 Å². The maximum Gasteiger partial charge on any atom is 0.144 e. The first-order valence-corrected chi connectivity index (χ1v) is 9.33. The van der Waals surface area contributed by atoms with E-state index in [2.05, 4.69) is 18.6 Å². The second kappa shape index (κ2) is 36.3. The van der Waals surface area contributed by atoms with E-state index in [1.54, 1.807) is 26.0 Å². The fourth-order valence-electron chi connectivity index (χ4n) is 0. The third kappa shape index (κ3) is 19100. The molecule has 121 valence electrons. The number of ketones is 1. The Morgan fingerprint density at radius 2 is 1.05 bits per heavy atom. The minimum Gasteiger partial charge on any atom is -0.388 e. The molecule has 0 rings (SSSR count). The molecule has 0 spiro atoms. The van der Waals surface area contributed by atoms with Gasteiger partial charge in [-0.15, -0.1) is 0 Å². The minimum absolute atomic E-state index is 0. The number of thioether (sulfide) groups is 1. The molecule has 0 bridgehead atoms. The Morgan fingerprint density at radius 1 is 1.05 bits per heavy atom.